The molecule has 1 unspecified atom stereocenters. The lowest BCUT2D eigenvalue weighted by atomic mass is 9.95. The Hall–Kier alpha value is -0.0400. The summed E-state index contributed by atoms with van der Waals surface area (Å²) in [5, 5.41) is 0. The lowest BCUT2D eigenvalue weighted by molar-refractivity contribution is -0.121. The summed E-state index contributed by atoms with van der Waals surface area (Å²) in [5.41, 5.74) is 0. The van der Waals surface area contributed by atoms with Gasteiger partial charge in [0.05, 0.1) is 0 Å². The average Bonchev–Trinajstić information content (AvgIpc) is 1.97. The summed E-state index contributed by atoms with van der Waals surface area (Å²) in [5.74, 6) is 0.699. The normalized spacial score (nSPS) is 11.9. The van der Waals surface area contributed by atoms with Crippen LogP contribution < -0.4 is 0 Å². The van der Waals surface area contributed by atoms with E-state index in [1.54, 1.807) is 6.92 Å². The molecule has 0 aromatic carbocycles. The molecule has 0 saturated heterocycles. The molecule has 0 saturated carbocycles. The Labute approximate surface area is 82.3 Å². The summed E-state index contributed by atoms with van der Waals surface area (Å²) in [6.07, 6.45) is 5.84. The van der Waals surface area contributed by atoms with Crippen molar-refractivity contribution in [1.82, 2.24) is 0 Å². The minimum absolute atomic E-state index is 0. The van der Waals surface area contributed by atoms with Crippen molar-refractivity contribution in [2.45, 2.75) is 52.9 Å². The van der Waals surface area contributed by atoms with Gasteiger partial charge < -0.3 is 0 Å². The minimum Gasteiger partial charge on any atom is -0.300 e. The van der Waals surface area contributed by atoms with Gasteiger partial charge in [-0.2, -0.15) is 0 Å². The average molecular weight is 193 g/mol. The van der Waals surface area contributed by atoms with Crippen molar-refractivity contribution >= 4 is 18.2 Å². The molecule has 0 amide bonds. The number of rotatable bonds is 6. The Bertz CT molecular complexity index is 112. The number of halogens is 1. The quantitative estimate of drug-likeness (QED) is 0.588. The van der Waals surface area contributed by atoms with Gasteiger partial charge in [0.2, 0.25) is 0 Å². The van der Waals surface area contributed by atoms with Crippen LogP contribution in [0.15, 0.2) is 0 Å². The minimum atomic E-state index is 0. The maximum Gasteiger partial charge on any atom is 0.132 e. The molecule has 2 heteroatoms. The first kappa shape index (κ1) is 14.5. The van der Waals surface area contributed by atoms with Crippen molar-refractivity contribution < 1.29 is 4.79 Å². The lowest BCUT2D eigenvalue weighted by Gasteiger charge is -2.09. The molecule has 0 radical (unpaired) electrons. The first-order valence-corrected chi connectivity index (χ1v) is 4.72. The zero-order valence-corrected chi connectivity index (χ0v) is 9.25. The highest BCUT2D eigenvalue weighted by atomic mass is 35.5. The molecule has 1 nitrogen and oxygen atoms in total. The van der Waals surface area contributed by atoms with E-state index in [-0.39, 0.29) is 12.4 Å². The number of hydrogen-bond acceptors (Lipinski definition) is 1. The Morgan fingerprint density at radius 1 is 1.25 bits per heavy atom. The fourth-order valence-corrected chi connectivity index (χ4v) is 1.34. The summed E-state index contributed by atoms with van der Waals surface area (Å²) in [7, 11) is 0. The topological polar surface area (TPSA) is 17.1 Å². The molecule has 0 aliphatic heterocycles. The van der Waals surface area contributed by atoms with E-state index in [0.29, 0.717) is 11.7 Å². The lowest BCUT2D eigenvalue weighted by Crippen LogP contribution is -2.09. The molecule has 0 bridgehead atoms. The fraction of sp³-hybridized carbons (Fsp3) is 0.900. The molecular formula is C10H21ClO. The van der Waals surface area contributed by atoms with Crippen LogP contribution in [0, 0.1) is 5.92 Å². The summed E-state index contributed by atoms with van der Waals surface area (Å²) in [6.45, 7) is 5.99. The first-order valence-electron chi connectivity index (χ1n) is 4.72. The highest BCUT2D eigenvalue weighted by molar-refractivity contribution is 5.85. The van der Waals surface area contributed by atoms with E-state index in [2.05, 4.69) is 13.8 Å². The zero-order chi connectivity index (χ0) is 8.69. The standard InChI is InChI=1S/C10H20O.ClH/c1-4-6-7-8-10(5-2)9(3)11;/h10H,4-8H2,1-3H3;1H. The molecule has 0 N–H and O–H groups in total. The third kappa shape index (κ3) is 6.66. The second-order valence-corrected chi connectivity index (χ2v) is 3.21. The van der Waals surface area contributed by atoms with Crippen LogP contribution in [0.4, 0.5) is 0 Å². The van der Waals surface area contributed by atoms with Crippen LogP contribution in [0.2, 0.25) is 0 Å². The Morgan fingerprint density at radius 3 is 2.17 bits per heavy atom. The van der Waals surface area contributed by atoms with Gasteiger partial charge in [-0.1, -0.05) is 33.1 Å². The third-order valence-corrected chi connectivity index (χ3v) is 2.22. The molecule has 0 fully saturated rings. The molecule has 1 atom stereocenters. The zero-order valence-electron chi connectivity index (χ0n) is 8.43. The molecule has 0 rings (SSSR count). The maximum atomic E-state index is 11.0. The van der Waals surface area contributed by atoms with Gasteiger partial charge in [0.25, 0.3) is 0 Å². The summed E-state index contributed by atoms with van der Waals surface area (Å²) < 4.78 is 0. The van der Waals surface area contributed by atoms with Gasteiger partial charge in [0.15, 0.2) is 0 Å². The van der Waals surface area contributed by atoms with Crippen LogP contribution in [-0.4, -0.2) is 5.78 Å². The Morgan fingerprint density at radius 2 is 1.83 bits per heavy atom. The Balaban J connectivity index is 0. The molecule has 0 aliphatic carbocycles. The maximum absolute atomic E-state index is 11.0. The van der Waals surface area contributed by atoms with E-state index in [4.69, 9.17) is 0 Å². The first-order chi connectivity index (χ1) is 5.22. The van der Waals surface area contributed by atoms with E-state index in [9.17, 15) is 4.79 Å². The number of carbonyl (C=O) groups is 1. The van der Waals surface area contributed by atoms with Crippen molar-refractivity contribution in [1.29, 1.82) is 0 Å². The van der Waals surface area contributed by atoms with Crippen molar-refractivity contribution in [3.05, 3.63) is 0 Å². The molecule has 0 aliphatic rings. The van der Waals surface area contributed by atoms with Gasteiger partial charge in [-0.25, -0.2) is 0 Å². The molecule has 0 heterocycles. The van der Waals surface area contributed by atoms with Crippen LogP contribution >= 0.6 is 12.4 Å². The van der Waals surface area contributed by atoms with Crippen LogP contribution in [0.25, 0.3) is 0 Å². The van der Waals surface area contributed by atoms with E-state index in [1.165, 1.54) is 19.3 Å². The van der Waals surface area contributed by atoms with Crippen molar-refractivity contribution in [3.8, 4) is 0 Å². The molecule has 0 aromatic heterocycles. The SMILES string of the molecule is CCCCCC(CC)C(C)=O.Cl. The number of Topliss-reactive ketones (excluding diaryl/α,β-unsaturated/α-hetero) is 1. The van der Waals surface area contributed by atoms with Crippen LogP contribution in [0.5, 0.6) is 0 Å². The predicted octanol–water partition coefficient (Wildman–Crippen LogP) is 3.60. The van der Waals surface area contributed by atoms with Crippen LogP contribution in [-0.2, 0) is 4.79 Å². The fourth-order valence-electron chi connectivity index (χ4n) is 1.34. The largest absolute Gasteiger partial charge is 0.300 e. The number of unbranched alkanes of at least 4 members (excludes halogenated alkanes) is 2. The van der Waals surface area contributed by atoms with Gasteiger partial charge >= 0.3 is 0 Å². The summed E-state index contributed by atoms with van der Waals surface area (Å²) in [4.78, 5) is 11.0. The van der Waals surface area contributed by atoms with E-state index < -0.39 is 0 Å². The van der Waals surface area contributed by atoms with Crippen molar-refractivity contribution in [3.63, 3.8) is 0 Å². The van der Waals surface area contributed by atoms with Crippen LogP contribution in [0.3, 0.4) is 0 Å². The summed E-state index contributed by atoms with van der Waals surface area (Å²) >= 11 is 0. The molecule has 74 valence electrons. The predicted molar refractivity (Wildman–Crippen MR) is 55.9 cm³/mol. The third-order valence-electron chi connectivity index (χ3n) is 2.22. The molecule has 0 aromatic rings. The highest BCUT2D eigenvalue weighted by Gasteiger charge is 2.09. The molecule has 0 spiro atoms. The number of ketones is 1. The van der Waals surface area contributed by atoms with Crippen molar-refractivity contribution in [2.24, 2.45) is 5.92 Å². The number of hydrogen-bond donors (Lipinski definition) is 0. The number of carbonyl (C=O) groups excluding carboxylic acids is 1. The highest BCUT2D eigenvalue weighted by Crippen LogP contribution is 2.13. The monoisotopic (exact) mass is 192 g/mol. The van der Waals surface area contributed by atoms with E-state index in [0.717, 1.165) is 12.8 Å². The van der Waals surface area contributed by atoms with Gasteiger partial charge in [0, 0.05) is 5.92 Å². The van der Waals surface area contributed by atoms with Gasteiger partial charge in [-0.15, -0.1) is 12.4 Å². The Kier molecular flexibility index (Phi) is 10.9. The molecule has 12 heavy (non-hydrogen) atoms. The van der Waals surface area contributed by atoms with Gasteiger partial charge in [0.1, 0.15) is 5.78 Å². The second-order valence-electron chi connectivity index (χ2n) is 3.21. The smallest absolute Gasteiger partial charge is 0.132 e. The van der Waals surface area contributed by atoms with Crippen molar-refractivity contribution in [2.75, 3.05) is 0 Å². The van der Waals surface area contributed by atoms with Gasteiger partial charge in [-0.05, 0) is 19.8 Å². The van der Waals surface area contributed by atoms with E-state index in [1.807, 2.05) is 0 Å². The second kappa shape index (κ2) is 9.05. The summed E-state index contributed by atoms with van der Waals surface area (Å²) in [6, 6.07) is 0. The van der Waals surface area contributed by atoms with Crippen LogP contribution in [0.1, 0.15) is 52.9 Å². The van der Waals surface area contributed by atoms with Gasteiger partial charge in [-0.3, -0.25) is 4.79 Å². The molecular weight excluding hydrogens is 172 g/mol. The van der Waals surface area contributed by atoms with E-state index >= 15 is 0 Å².